The molecule has 0 spiro atoms. The summed E-state index contributed by atoms with van der Waals surface area (Å²) in [7, 11) is -1.63. The Balaban J connectivity index is 1.89. The molecule has 0 saturated heterocycles. The van der Waals surface area contributed by atoms with Crippen LogP contribution in [-0.4, -0.2) is 50.5 Å². The smallest absolute Gasteiger partial charge is 0.243 e. The summed E-state index contributed by atoms with van der Waals surface area (Å²) in [5, 5.41) is 7.04. The van der Waals surface area contributed by atoms with Crippen LogP contribution in [0.25, 0.3) is 0 Å². The highest BCUT2D eigenvalue weighted by Gasteiger charge is 2.33. The maximum atomic E-state index is 12.2. The summed E-state index contributed by atoms with van der Waals surface area (Å²) < 4.78 is 34.1. The minimum atomic E-state index is -3.47. The van der Waals surface area contributed by atoms with Gasteiger partial charge in [-0.3, -0.25) is 4.68 Å². The maximum absolute atomic E-state index is 12.2. The fourth-order valence-electron chi connectivity index (χ4n) is 2.15. The third-order valence-electron chi connectivity index (χ3n) is 3.33. The van der Waals surface area contributed by atoms with Crippen molar-refractivity contribution in [3.63, 3.8) is 0 Å². The number of nitrogens with one attached hydrogen (secondary N) is 2. The zero-order chi connectivity index (χ0) is 14.6. The highest BCUT2D eigenvalue weighted by Crippen LogP contribution is 2.24. The summed E-state index contributed by atoms with van der Waals surface area (Å²) in [5.41, 5.74) is 0. The third kappa shape index (κ3) is 3.78. The van der Waals surface area contributed by atoms with Gasteiger partial charge in [0.15, 0.2) is 0 Å². The predicted octanol–water partition coefficient (Wildman–Crippen LogP) is -0.0517. The molecule has 114 valence electrons. The van der Waals surface area contributed by atoms with Gasteiger partial charge in [0.05, 0.1) is 18.8 Å². The van der Waals surface area contributed by atoms with Gasteiger partial charge in [-0.25, -0.2) is 13.1 Å². The predicted molar refractivity (Wildman–Crippen MR) is 74.9 cm³/mol. The average Bonchev–Trinajstić information content (AvgIpc) is 2.83. The molecule has 7 nitrogen and oxygen atoms in total. The lowest BCUT2D eigenvalue weighted by Gasteiger charge is -2.34. The second-order valence-corrected chi connectivity index (χ2v) is 6.62. The average molecular weight is 302 g/mol. The number of sulfonamides is 1. The van der Waals surface area contributed by atoms with E-state index in [-0.39, 0.29) is 17.0 Å². The molecule has 2 rings (SSSR count). The van der Waals surface area contributed by atoms with Crippen LogP contribution < -0.4 is 10.0 Å². The third-order valence-corrected chi connectivity index (χ3v) is 4.80. The molecule has 0 aliphatic heterocycles. The summed E-state index contributed by atoms with van der Waals surface area (Å²) in [6.45, 7) is 3.99. The monoisotopic (exact) mass is 302 g/mol. The molecular weight excluding hydrogens is 280 g/mol. The van der Waals surface area contributed by atoms with Gasteiger partial charge in [-0.05, 0) is 26.8 Å². The summed E-state index contributed by atoms with van der Waals surface area (Å²) in [6.07, 6.45) is 4.60. The number of hydrogen-bond acceptors (Lipinski definition) is 5. The van der Waals surface area contributed by atoms with Crippen LogP contribution >= 0.6 is 0 Å². The topological polar surface area (TPSA) is 85.2 Å². The number of aromatic nitrogens is 2. The van der Waals surface area contributed by atoms with Crippen molar-refractivity contribution in [2.75, 3.05) is 20.2 Å². The van der Waals surface area contributed by atoms with Gasteiger partial charge < -0.3 is 10.1 Å². The van der Waals surface area contributed by atoms with E-state index >= 15 is 0 Å². The van der Waals surface area contributed by atoms with Gasteiger partial charge in [0.2, 0.25) is 10.0 Å². The highest BCUT2D eigenvalue weighted by molar-refractivity contribution is 7.89. The first-order chi connectivity index (χ1) is 9.55. The number of ether oxygens (including phenoxy) is 1. The van der Waals surface area contributed by atoms with Gasteiger partial charge in [0.25, 0.3) is 0 Å². The number of nitrogens with zero attached hydrogens (tertiary/aromatic N) is 2. The van der Waals surface area contributed by atoms with Crippen LogP contribution in [0.4, 0.5) is 0 Å². The lowest BCUT2D eigenvalue weighted by Crippen LogP contribution is -2.47. The zero-order valence-electron chi connectivity index (χ0n) is 11.9. The first kappa shape index (κ1) is 15.4. The van der Waals surface area contributed by atoms with E-state index in [1.165, 1.54) is 6.20 Å². The van der Waals surface area contributed by atoms with E-state index in [1.807, 2.05) is 14.0 Å². The molecule has 1 aliphatic rings. The molecule has 0 unspecified atom stereocenters. The first-order valence-electron chi connectivity index (χ1n) is 6.86. The molecule has 0 bridgehead atoms. The Morgan fingerprint density at radius 1 is 1.50 bits per heavy atom. The Morgan fingerprint density at radius 3 is 2.90 bits per heavy atom. The summed E-state index contributed by atoms with van der Waals surface area (Å²) >= 11 is 0. The Labute approximate surface area is 119 Å². The van der Waals surface area contributed by atoms with Crippen molar-refractivity contribution in [2.24, 2.45) is 0 Å². The first-order valence-corrected chi connectivity index (χ1v) is 8.34. The summed E-state index contributed by atoms with van der Waals surface area (Å²) in [6, 6.07) is -0.0304. The number of likely N-dealkylation sites (N-methyl/N-ethyl adjacent to an activating group) is 1. The number of rotatable bonds is 8. The SMILES string of the molecule is CCOC1CC(NS(=O)(=O)c2cnn(CCNC)c2)C1. The molecule has 0 aromatic carbocycles. The van der Waals surface area contributed by atoms with Crippen molar-refractivity contribution in [1.29, 1.82) is 0 Å². The van der Waals surface area contributed by atoms with Crippen LogP contribution in [0.5, 0.6) is 0 Å². The minimum absolute atomic E-state index is 0.0304. The van der Waals surface area contributed by atoms with Crippen molar-refractivity contribution in [1.82, 2.24) is 19.8 Å². The van der Waals surface area contributed by atoms with Gasteiger partial charge in [0, 0.05) is 25.4 Å². The quantitative estimate of drug-likeness (QED) is 0.703. The zero-order valence-corrected chi connectivity index (χ0v) is 12.7. The Hall–Kier alpha value is -0.960. The molecule has 1 heterocycles. The normalized spacial score (nSPS) is 22.7. The molecule has 0 amide bonds. The maximum Gasteiger partial charge on any atom is 0.243 e. The fourth-order valence-corrected chi connectivity index (χ4v) is 3.37. The van der Waals surface area contributed by atoms with E-state index in [2.05, 4.69) is 15.1 Å². The Bertz CT molecular complexity index is 523. The molecule has 0 radical (unpaired) electrons. The van der Waals surface area contributed by atoms with E-state index in [0.29, 0.717) is 13.2 Å². The van der Waals surface area contributed by atoms with Gasteiger partial charge in [-0.15, -0.1) is 0 Å². The second-order valence-electron chi connectivity index (χ2n) is 4.91. The Morgan fingerprint density at radius 2 is 2.25 bits per heavy atom. The summed E-state index contributed by atoms with van der Waals surface area (Å²) in [4.78, 5) is 0.216. The molecule has 20 heavy (non-hydrogen) atoms. The molecule has 1 aromatic rings. The standard InChI is InChI=1S/C12H22N4O3S/c1-3-19-11-6-10(7-11)15-20(17,18)12-8-14-16(9-12)5-4-13-2/h8-11,13,15H,3-7H2,1-2H3. The van der Waals surface area contributed by atoms with Crippen LogP contribution in [-0.2, 0) is 21.3 Å². The van der Waals surface area contributed by atoms with Crippen LogP contribution in [0.15, 0.2) is 17.3 Å². The minimum Gasteiger partial charge on any atom is -0.378 e. The van der Waals surface area contributed by atoms with E-state index in [4.69, 9.17) is 4.74 Å². The molecule has 2 N–H and O–H groups in total. The van der Waals surface area contributed by atoms with Crippen molar-refractivity contribution < 1.29 is 13.2 Å². The van der Waals surface area contributed by atoms with Crippen LogP contribution in [0.1, 0.15) is 19.8 Å². The van der Waals surface area contributed by atoms with Crippen LogP contribution in [0.2, 0.25) is 0 Å². The van der Waals surface area contributed by atoms with E-state index in [1.54, 1.807) is 10.9 Å². The Kier molecular flexibility index (Phi) is 5.14. The molecule has 1 fully saturated rings. The lowest BCUT2D eigenvalue weighted by atomic mass is 9.90. The van der Waals surface area contributed by atoms with Gasteiger partial charge in [0.1, 0.15) is 4.90 Å². The molecule has 1 saturated carbocycles. The summed E-state index contributed by atoms with van der Waals surface area (Å²) in [5.74, 6) is 0. The molecule has 1 aromatic heterocycles. The molecule has 1 aliphatic carbocycles. The van der Waals surface area contributed by atoms with Crippen LogP contribution in [0.3, 0.4) is 0 Å². The van der Waals surface area contributed by atoms with Crippen LogP contribution in [0, 0.1) is 0 Å². The van der Waals surface area contributed by atoms with Crippen molar-refractivity contribution in [3.05, 3.63) is 12.4 Å². The van der Waals surface area contributed by atoms with E-state index in [9.17, 15) is 8.42 Å². The van der Waals surface area contributed by atoms with Crippen molar-refractivity contribution in [3.8, 4) is 0 Å². The van der Waals surface area contributed by atoms with Gasteiger partial charge in [-0.2, -0.15) is 5.10 Å². The number of hydrogen-bond donors (Lipinski definition) is 2. The molecule has 0 atom stereocenters. The van der Waals surface area contributed by atoms with Crippen molar-refractivity contribution >= 4 is 10.0 Å². The van der Waals surface area contributed by atoms with E-state index < -0.39 is 10.0 Å². The van der Waals surface area contributed by atoms with E-state index in [0.717, 1.165) is 19.4 Å². The van der Waals surface area contributed by atoms with Crippen molar-refractivity contribution in [2.45, 2.75) is 43.4 Å². The largest absolute Gasteiger partial charge is 0.378 e. The lowest BCUT2D eigenvalue weighted by molar-refractivity contribution is -0.00475. The second kappa shape index (κ2) is 6.66. The molecular formula is C12H22N4O3S. The van der Waals surface area contributed by atoms with Gasteiger partial charge in [-0.1, -0.05) is 0 Å². The van der Waals surface area contributed by atoms with Gasteiger partial charge >= 0.3 is 0 Å². The fraction of sp³-hybridized carbons (Fsp3) is 0.750. The molecule has 8 heteroatoms. The highest BCUT2D eigenvalue weighted by atomic mass is 32.2.